The number of ether oxygens (including phenoxy) is 12. The van der Waals surface area contributed by atoms with E-state index in [2.05, 4.69) is 83.7 Å². The van der Waals surface area contributed by atoms with Crippen molar-refractivity contribution >= 4 is 10.8 Å². The molecule has 3 aliphatic heterocycles. The summed E-state index contributed by atoms with van der Waals surface area (Å²) in [6.45, 7) is 4.05. The van der Waals surface area contributed by atoms with Crippen LogP contribution in [-0.4, -0.2) is 92.7 Å². The molecule has 1 aliphatic carbocycles. The highest BCUT2D eigenvalue weighted by Crippen LogP contribution is 2.46. The maximum absolute atomic E-state index is 10.7. The van der Waals surface area contributed by atoms with Crippen LogP contribution in [0.5, 0.6) is 0 Å². The lowest BCUT2D eigenvalue weighted by molar-refractivity contribution is -0.371. The van der Waals surface area contributed by atoms with Gasteiger partial charge in [0.05, 0.1) is 83.9 Å². The second kappa shape index (κ2) is 32.5. The summed E-state index contributed by atoms with van der Waals surface area (Å²) in [5.74, 6) is -0.645. The Bertz CT molecular complexity index is 3770. The lowest BCUT2D eigenvalue weighted by Gasteiger charge is -2.55. The molecular formula is C79H81N3O12. The molecule has 484 valence electrons. The average molecular weight is 1260 g/mol. The standard InChI is InChI=1S/C79H81N3O12/c1-54-43-65(84-51-61-41-42-62-37-23-24-40-64(62)44-61)68(73(86-47-57-29-13-4-14-30-57)70(54)85-46-56-27-11-3-12-28-56)74-77(89-50-60-35-19-7-20-36-60)76(88-49-59-33-17-6-18-34-59)72(66(91-74)52-83-45-55-25-9-2-10-26-55)94-79-69(81-82-80)75(87-48-58-31-15-5-16-32-58)71-67(92-79)53-90-78(93-71)63-38-21-8-22-39-63/h2-42,44,54,65-79H,43,45-53H2,1H3/t54-,65-,66-,67-,68+,69+,70+,71-,72-,73+,74-,75-,76+,77+,78?,79+/m1/s1. The maximum atomic E-state index is 10.7. The van der Waals surface area contributed by atoms with Gasteiger partial charge in [-0.3, -0.25) is 0 Å². The number of hydrogen-bond acceptors (Lipinski definition) is 13. The fraction of sp³-hybridized carbons (Fsp3) is 0.342. The molecule has 0 amide bonds. The molecule has 0 N–H and O–H groups in total. The highest BCUT2D eigenvalue weighted by molar-refractivity contribution is 5.83. The Hall–Kier alpha value is -7.93. The average Bonchev–Trinajstić information content (AvgIpc) is 0.765. The SMILES string of the molecule is C[C@@H]1C[C@@H](OCc2ccc3ccccc3c2)[C@H]([C@H]2O[C@H](COCc3ccccc3)[C@@H](O[C@@H]3O[C@@H]4COC(c5ccccc5)O[C@H]4[C@H](OCc4ccccc4)[C@@H]3N=[N+]=[N-])[C@H](OCc3ccccc3)[C@H]2OCc2ccccc2)[C@H](OCc2ccccc2)[C@H]1OCc1ccccc1. The predicted molar refractivity (Wildman–Crippen MR) is 356 cm³/mol. The zero-order chi connectivity index (χ0) is 63.7. The van der Waals surface area contributed by atoms with Gasteiger partial charge >= 0.3 is 0 Å². The van der Waals surface area contributed by atoms with Crippen molar-refractivity contribution in [2.75, 3.05) is 13.2 Å². The van der Waals surface area contributed by atoms with E-state index in [4.69, 9.17) is 56.8 Å². The van der Waals surface area contributed by atoms with E-state index in [1.807, 2.05) is 188 Å². The summed E-state index contributed by atoms with van der Waals surface area (Å²) in [4.78, 5) is 3.48. The Morgan fingerprint density at radius 2 is 0.894 bits per heavy atom. The smallest absolute Gasteiger partial charge is 0.184 e. The molecule has 0 spiro atoms. The molecule has 13 rings (SSSR count). The first-order valence-electron chi connectivity index (χ1n) is 32.8. The fourth-order valence-corrected chi connectivity index (χ4v) is 13.6. The quantitative estimate of drug-likeness (QED) is 0.0273. The second-order valence-corrected chi connectivity index (χ2v) is 24.8. The largest absolute Gasteiger partial charge is 0.374 e. The van der Waals surface area contributed by atoms with Gasteiger partial charge in [-0.05, 0) is 73.7 Å². The third-order valence-electron chi connectivity index (χ3n) is 18.3. The van der Waals surface area contributed by atoms with Gasteiger partial charge in [0.15, 0.2) is 12.6 Å². The van der Waals surface area contributed by atoms with Crippen molar-refractivity contribution in [2.45, 2.75) is 145 Å². The van der Waals surface area contributed by atoms with Crippen LogP contribution in [0.2, 0.25) is 0 Å². The summed E-state index contributed by atoms with van der Waals surface area (Å²) < 4.78 is 87.1. The summed E-state index contributed by atoms with van der Waals surface area (Å²) in [7, 11) is 0. The van der Waals surface area contributed by atoms with E-state index < -0.39 is 91.7 Å². The molecule has 0 aromatic heterocycles. The molecule has 4 fully saturated rings. The van der Waals surface area contributed by atoms with Gasteiger partial charge in [0.2, 0.25) is 0 Å². The molecular weight excluding hydrogens is 1180 g/mol. The summed E-state index contributed by atoms with van der Waals surface area (Å²) in [5.41, 5.74) is 18.3. The fourth-order valence-electron chi connectivity index (χ4n) is 13.6. The van der Waals surface area contributed by atoms with Gasteiger partial charge in [-0.1, -0.05) is 261 Å². The van der Waals surface area contributed by atoms with Crippen molar-refractivity contribution in [3.05, 3.63) is 310 Å². The number of nitrogens with zero attached hydrogens (tertiary/aromatic N) is 3. The molecule has 15 heteroatoms. The molecule has 15 nitrogen and oxygen atoms in total. The number of azide groups is 1. The van der Waals surface area contributed by atoms with Crippen molar-refractivity contribution < 1.29 is 56.8 Å². The van der Waals surface area contributed by atoms with Gasteiger partial charge in [0, 0.05) is 16.4 Å². The van der Waals surface area contributed by atoms with Crippen molar-refractivity contribution in [1.29, 1.82) is 0 Å². The molecule has 0 bridgehead atoms. The van der Waals surface area contributed by atoms with Gasteiger partial charge in [-0.2, -0.15) is 0 Å². The number of benzene rings is 9. The lowest BCUT2D eigenvalue weighted by Crippen LogP contribution is -2.69. The predicted octanol–water partition coefficient (Wildman–Crippen LogP) is 15.2. The van der Waals surface area contributed by atoms with Crippen LogP contribution in [0, 0.1) is 11.8 Å². The molecule has 94 heavy (non-hydrogen) atoms. The van der Waals surface area contributed by atoms with Crippen LogP contribution < -0.4 is 0 Å². The van der Waals surface area contributed by atoms with E-state index in [-0.39, 0.29) is 52.2 Å². The second-order valence-electron chi connectivity index (χ2n) is 24.8. The first-order valence-corrected chi connectivity index (χ1v) is 32.8. The molecule has 9 aromatic carbocycles. The highest BCUT2D eigenvalue weighted by atomic mass is 16.8. The Morgan fingerprint density at radius 1 is 0.426 bits per heavy atom. The minimum atomic E-state index is -1.27. The molecule has 0 radical (unpaired) electrons. The lowest BCUT2D eigenvalue weighted by atomic mass is 9.70. The van der Waals surface area contributed by atoms with E-state index in [0.29, 0.717) is 19.6 Å². The molecule has 16 atom stereocenters. The Labute approximate surface area is 550 Å². The Morgan fingerprint density at radius 3 is 1.45 bits per heavy atom. The minimum Gasteiger partial charge on any atom is -0.374 e. The van der Waals surface area contributed by atoms with Gasteiger partial charge in [0.25, 0.3) is 0 Å². The van der Waals surface area contributed by atoms with Gasteiger partial charge in [-0.25, -0.2) is 0 Å². The molecule has 3 saturated heterocycles. The van der Waals surface area contributed by atoms with E-state index in [9.17, 15) is 5.53 Å². The van der Waals surface area contributed by atoms with E-state index in [0.717, 1.165) is 55.3 Å². The number of hydrogen-bond donors (Lipinski definition) is 0. The Kier molecular flexibility index (Phi) is 22.4. The zero-order valence-electron chi connectivity index (χ0n) is 52.8. The topological polar surface area (TPSA) is 160 Å². The van der Waals surface area contributed by atoms with E-state index >= 15 is 0 Å². The summed E-state index contributed by atoms with van der Waals surface area (Å²) in [6.07, 6.45) is -10.1. The van der Waals surface area contributed by atoms with Gasteiger partial charge in [0.1, 0.15) is 48.8 Å². The van der Waals surface area contributed by atoms with Crippen LogP contribution in [0.25, 0.3) is 21.2 Å². The molecule has 9 aromatic rings. The summed E-state index contributed by atoms with van der Waals surface area (Å²) in [6, 6.07) is 84.0. The van der Waals surface area contributed by atoms with Crippen molar-refractivity contribution in [3.63, 3.8) is 0 Å². The third-order valence-corrected chi connectivity index (χ3v) is 18.3. The van der Waals surface area contributed by atoms with Gasteiger partial charge in [-0.15, -0.1) is 0 Å². The minimum absolute atomic E-state index is 0.0196. The van der Waals surface area contributed by atoms with Gasteiger partial charge < -0.3 is 56.8 Å². The Balaban J connectivity index is 0.938. The number of rotatable bonds is 27. The third kappa shape index (κ3) is 16.4. The molecule has 1 saturated carbocycles. The van der Waals surface area contributed by atoms with Crippen LogP contribution in [0.4, 0.5) is 0 Å². The molecule has 4 aliphatic rings. The zero-order valence-corrected chi connectivity index (χ0v) is 52.8. The van der Waals surface area contributed by atoms with E-state index in [1.54, 1.807) is 0 Å². The first kappa shape index (κ1) is 64.8. The van der Waals surface area contributed by atoms with Crippen LogP contribution in [0.15, 0.2) is 260 Å². The normalized spacial score (nSPS) is 27.6. The first-order chi connectivity index (χ1) is 46.5. The number of fused-ring (bicyclic) bond motifs is 2. The van der Waals surface area contributed by atoms with Crippen molar-refractivity contribution in [3.8, 4) is 0 Å². The van der Waals surface area contributed by atoms with Crippen LogP contribution in [0.1, 0.15) is 64.1 Å². The van der Waals surface area contributed by atoms with Crippen LogP contribution in [0.3, 0.4) is 0 Å². The molecule has 3 heterocycles. The van der Waals surface area contributed by atoms with Crippen LogP contribution >= 0.6 is 0 Å². The van der Waals surface area contributed by atoms with E-state index in [1.165, 1.54) is 0 Å². The monoisotopic (exact) mass is 1260 g/mol. The highest BCUT2D eigenvalue weighted by Gasteiger charge is 2.60. The molecule has 1 unspecified atom stereocenters. The van der Waals surface area contributed by atoms with Crippen molar-refractivity contribution in [2.24, 2.45) is 17.0 Å². The maximum Gasteiger partial charge on any atom is 0.184 e. The summed E-state index contributed by atoms with van der Waals surface area (Å²) in [5, 5.41) is 6.79. The van der Waals surface area contributed by atoms with Crippen molar-refractivity contribution in [1.82, 2.24) is 0 Å². The van der Waals surface area contributed by atoms with Crippen LogP contribution in [-0.2, 0) is 103 Å². The summed E-state index contributed by atoms with van der Waals surface area (Å²) >= 11 is 0.